The number of hydrogen-bond acceptors (Lipinski definition) is 6. The molecule has 2 heterocycles. The Morgan fingerprint density at radius 3 is 2.43 bits per heavy atom. The molecule has 8 heteroatoms. The van der Waals surface area contributed by atoms with E-state index in [1.807, 2.05) is 20.8 Å². The lowest BCUT2D eigenvalue weighted by atomic mass is 10.1. The third-order valence-corrected chi connectivity index (χ3v) is 4.40. The van der Waals surface area contributed by atoms with Crippen LogP contribution in [0.5, 0.6) is 0 Å². The van der Waals surface area contributed by atoms with E-state index in [0.29, 0.717) is 22.0 Å². The summed E-state index contributed by atoms with van der Waals surface area (Å²) in [5.41, 5.74) is 2.25. The Morgan fingerprint density at radius 1 is 1.26 bits per heavy atom. The third kappa shape index (κ3) is 3.52. The fourth-order valence-electron chi connectivity index (χ4n) is 2.45. The lowest BCUT2D eigenvalue weighted by Gasteiger charge is -2.19. The van der Waals surface area contributed by atoms with Crippen LogP contribution in [0, 0.1) is 13.8 Å². The van der Waals surface area contributed by atoms with E-state index >= 15 is 0 Å². The van der Waals surface area contributed by atoms with E-state index in [2.05, 4.69) is 20.5 Å². The Hall–Kier alpha value is -1.96. The molecule has 7 nitrogen and oxygen atoms in total. The summed E-state index contributed by atoms with van der Waals surface area (Å²) in [4.78, 5) is 27.2. The predicted octanol–water partition coefficient (Wildman–Crippen LogP) is 2.55. The lowest BCUT2D eigenvalue weighted by molar-refractivity contribution is 0.101. The summed E-state index contributed by atoms with van der Waals surface area (Å²) in [6, 6.07) is 0. The van der Waals surface area contributed by atoms with Gasteiger partial charge in [-0.1, -0.05) is 11.8 Å². The number of aromatic amines is 1. The molecule has 2 aromatic heterocycles. The molecule has 0 unspecified atom stereocenters. The first-order valence-corrected chi connectivity index (χ1v) is 8.26. The summed E-state index contributed by atoms with van der Waals surface area (Å²) >= 11 is 1.29. The van der Waals surface area contributed by atoms with E-state index in [1.165, 1.54) is 18.7 Å². The van der Waals surface area contributed by atoms with Crippen molar-refractivity contribution in [2.75, 3.05) is 5.75 Å². The van der Waals surface area contributed by atoms with Gasteiger partial charge in [-0.2, -0.15) is 0 Å². The van der Waals surface area contributed by atoms with Crippen LogP contribution in [0.25, 0.3) is 0 Å². The molecule has 0 aliphatic carbocycles. The summed E-state index contributed by atoms with van der Waals surface area (Å²) < 4.78 is 1.69. The lowest BCUT2D eigenvalue weighted by Crippen LogP contribution is -2.24. The topological polar surface area (TPSA) is 93.5 Å². The van der Waals surface area contributed by atoms with E-state index in [-0.39, 0.29) is 22.9 Å². The highest BCUT2D eigenvalue weighted by atomic mass is 32.2. The van der Waals surface area contributed by atoms with E-state index in [1.54, 1.807) is 18.5 Å². The van der Waals surface area contributed by atoms with Crippen LogP contribution in [-0.2, 0) is 5.54 Å². The second-order valence-electron chi connectivity index (χ2n) is 6.44. The number of rotatable bonds is 5. The van der Waals surface area contributed by atoms with Crippen molar-refractivity contribution in [1.82, 2.24) is 25.2 Å². The number of ketones is 2. The largest absolute Gasteiger partial charge is 0.355 e. The van der Waals surface area contributed by atoms with Gasteiger partial charge in [0.15, 0.2) is 11.6 Å². The van der Waals surface area contributed by atoms with Crippen molar-refractivity contribution in [2.24, 2.45) is 0 Å². The predicted molar refractivity (Wildman–Crippen MR) is 88.1 cm³/mol. The highest BCUT2D eigenvalue weighted by Gasteiger charge is 2.23. The standard InChI is InChI=1S/C15H21N5O2S/c1-8-12(10(3)21)9(2)16-13(8)11(22)7-23-14-17-18-19-20(14)15(4,5)6/h16H,7H2,1-6H3. The van der Waals surface area contributed by atoms with Gasteiger partial charge in [-0.25, -0.2) is 4.68 Å². The van der Waals surface area contributed by atoms with Crippen LogP contribution >= 0.6 is 11.8 Å². The highest BCUT2D eigenvalue weighted by Crippen LogP contribution is 2.24. The Bertz CT molecular complexity index is 754. The van der Waals surface area contributed by atoms with Crippen molar-refractivity contribution < 1.29 is 9.59 Å². The van der Waals surface area contributed by atoms with Crippen molar-refractivity contribution >= 4 is 23.3 Å². The van der Waals surface area contributed by atoms with Crippen LogP contribution in [0.2, 0.25) is 0 Å². The van der Waals surface area contributed by atoms with Crippen LogP contribution in [-0.4, -0.2) is 42.5 Å². The zero-order valence-corrected chi connectivity index (χ0v) is 15.0. The first-order chi connectivity index (χ1) is 10.6. The number of tetrazole rings is 1. The molecule has 23 heavy (non-hydrogen) atoms. The number of H-pyrrole nitrogens is 1. The molecule has 0 radical (unpaired) electrons. The maximum Gasteiger partial charge on any atom is 0.210 e. The van der Waals surface area contributed by atoms with Gasteiger partial charge < -0.3 is 4.98 Å². The van der Waals surface area contributed by atoms with Gasteiger partial charge in [0.1, 0.15) is 0 Å². The van der Waals surface area contributed by atoms with Crippen LogP contribution in [0.4, 0.5) is 0 Å². The minimum atomic E-state index is -0.254. The molecule has 0 saturated carbocycles. The second-order valence-corrected chi connectivity index (χ2v) is 7.38. The van der Waals surface area contributed by atoms with Gasteiger partial charge >= 0.3 is 0 Å². The molecule has 0 atom stereocenters. The van der Waals surface area contributed by atoms with E-state index < -0.39 is 0 Å². The first-order valence-electron chi connectivity index (χ1n) is 7.28. The smallest absolute Gasteiger partial charge is 0.210 e. The van der Waals surface area contributed by atoms with Crippen molar-refractivity contribution in [1.29, 1.82) is 0 Å². The summed E-state index contributed by atoms with van der Waals surface area (Å²) in [6.07, 6.45) is 0. The molecule has 2 aromatic rings. The van der Waals surface area contributed by atoms with Crippen LogP contribution < -0.4 is 0 Å². The molecule has 0 aromatic carbocycles. The van der Waals surface area contributed by atoms with Gasteiger partial charge in [-0.15, -0.1) is 5.10 Å². The molecule has 0 spiro atoms. The maximum atomic E-state index is 12.5. The number of carbonyl (C=O) groups is 2. The highest BCUT2D eigenvalue weighted by molar-refractivity contribution is 7.99. The molecule has 0 fully saturated rings. The number of carbonyl (C=O) groups excluding carboxylic acids is 2. The monoisotopic (exact) mass is 335 g/mol. The number of aryl methyl sites for hydroxylation is 1. The normalized spacial score (nSPS) is 11.7. The Balaban J connectivity index is 2.17. The molecule has 0 aliphatic heterocycles. The fourth-order valence-corrected chi connectivity index (χ4v) is 3.38. The molecule has 0 aliphatic rings. The van der Waals surface area contributed by atoms with E-state index in [4.69, 9.17) is 0 Å². The second kappa shape index (κ2) is 6.27. The Labute approximate surface area is 139 Å². The van der Waals surface area contributed by atoms with Crippen LogP contribution in [0.15, 0.2) is 5.16 Å². The van der Waals surface area contributed by atoms with Gasteiger partial charge in [0.25, 0.3) is 0 Å². The minimum Gasteiger partial charge on any atom is -0.355 e. The molecule has 1 N–H and O–H groups in total. The van der Waals surface area contributed by atoms with Gasteiger partial charge in [0.05, 0.1) is 17.0 Å². The molecular weight excluding hydrogens is 314 g/mol. The average molecular weight is 335 g/mol. The molecule has 2 rings (SSSR count). The Morgan fingerprint density at radius 2 is 1.91 bits per heavy atom. The van der Waals surface area contributed by atoms with Gasteiger partial charge in [0.2, 0.25) is 5.16 Å². The van der Waals surface area contributed by atoms with Crippen molar-refractivity contribution in [3.63, 3.8) is 0 Å². The van der Waals surface area contributed by atoms with Crippen molar-refractivity contribution in [3.8, 4) is 0 Å². The zero-order valence-electron chi connectivity index (χ0n) is 14.2. The maximum absolute atomic E-state index is 12.5. The fraction of sp³-hybridized carbons (Fsp3) is 0.533. The molecule has 0 amide bonds. The van der Waals surface area contributed by atoms with Gasteiger partial charge in [-0.3, -0.25) is 9.59 Å². The number of hydrogen-bond donors (Lipinski definition) is 1. The first kappa shape index (κ1) is 17.4. The molecular formula is C15H21N5O2S. The summed E-state index contributed by atoms with van der Waals surface area (Å²) in [6.45, 7) is 11.1. The van der Waals surface area contributed by atoms with E-state index in [9.17, 15) is 9.59 Å². The Kier molecular flexibility index (Phi) is 4.74. The third-order valence-electron chi connectivity index (χ3n) is 3.48. The van der Waals surface area contributed by atoms with Crippen molar-refractivity contribution in [2.45, 2.75) is 52.2 Å². The summed E-state index contributed by atoms with van der Waals surface area (Å²) in [5.74, 6) is 0.0837. The SMILES string of the molecule is CC(=O)c1c(C)[nH]c(C(=O)CSc2nnnn2C(C)(C)C)c1C. The number of thioether (sulfide) groups is 1. The zero-order chi connectivity index (χ0) is 17.4. The van der Waals surface area contributed by atoms with E-state index in [0.717, 1.165) is 5.69 Å². The van der Waals surface area contributed by atoms with Gasteiger partial charge in [-0.05, 0) is 57.5 Å². The molecule has 0 bridgehead atoms. The molecule has 124 valence electrons. The van der Waals surface area contributed by atoms with Crippen molar-refractivity contribution in [3.05, 3.63) is 22.5 Å². The van der Waals surface area contributed by atoms with Crippen LogP contribution in [0.1, 0.15) is 59.8 Å². The van der Waals surface area contributed by atoms with Gasteiger partial charge in [0, 0.05) is 11.3 Å². The average Bonchev–Trinajstić information content (AvgIpc) is 3.00. The quantitative estimate of drug-likeness (QED) is 0.666. The number of nitrogens with one attached hydrogen (secondary N) is 1. The number of aromatic nitrogens is 5. The summed E-state index contributed by atoms with van der Waals surface area (Å²) in [7, 11) is 0. The van der Waals surface area contributed by atoms with Crippen LogP contribution in [0.3, 0.4) is 0 Å². The summed E-state index contributed by atoms with van der Waals surface area (Å²) in [5, 5.41) is 12.2. The minimum absolute atomic E-state index is 0.0420. The number of nitrogens with zero attached hydrogens (tertiary/aromatic N) is 4. The molecule has 0 saturated heterocycles. The number of Topliss-reactive ketones (excluding diaryl/α,β-unsaturated/α-hetero) is 2.